The molecule has 0 fully saturated rings. The summed E-state index contributed by atoms with van der Waals surface area (Å²) < 4.78 is 1.77. The lowest BCUT2D eigenvalue weighted by atomic mass is 9.93. The van der Waals surface area contributed by atoms with Crippen molar-refractivity contribution in [3.05, 3.63) is 30.2 Å². The van der Waals surface area contributed by atoms with Gasteiger partial charge in [0, 0.05) is 30.9 Å². The minimum Gasteiger partial charge on any atom is -0.383 e. The Balaban J connectivity index is 2.58. The molecule has 2 rings (SSSR count). The van der Waals surface area contributed by atoms with E-state index in [4.69, 9.17) is 5.73 Å². The van der Waals surface area contributed by atoms with Crippen LogP contribution in [0.15, 0.2) is 24.5 Å². The SMILES string of the molecule is CCC(CC)c1nn(C)c(N)c1-c1ccncc1. The van der Waals surface area contributed by atoms with E-state index in [1.165, 1.54) is 0 Å². The van der Waals surface area contributed by atoms with E-state index in [9.17, 15) is 0 Å². The Bertz CT molecular complexity index is 512. The maximum atomic E-state index is 6.16. The second-order valence-corrected chi connectivity index (χ2v) is 4.52. The Morgan fingerprint density at radius 2 is 1.83 bits per heavy atom. The number of aromatic nitrogens is 3. The van der Waals surface area contributed by atoms with Gasteiger partial charge in [0.25, 0.3) is 0 Å². The van der Waals surface area contributed by atoms with Crippen LogP contribution >= 0.6 is 0 Å². The minimum atomic E-state index is 0.455. The predicted molar refractivity (Wildman–Crippen MR) is 74.2 cm³/mol. The monoisotopic (exact) mass is 244 g/mol. The largest absolute Gasteiger partial charge is 0.383 e. The van der Waals surface area contributed by atoms with E-state index in [0.29, 0.717) is 5.92 Å². The summed E-state index contributed by atoms with van der Waals surface area (Å²) in [5.41, 5.74) is 9.42. The van der Waals surface area contributed by atoms with Gasteiger partial charge in [-0.3, -0.25) is 9.67 Å². The van der Waals surface area contributed by atoms with Crippen molar-refractivity contribution < 1.29 is 0 Å². The van der Waals surface area contributed by atoms with Crippen molar-refractivity contribution in [3.63, 3.8) is 0 Å². The van der Waals surface area contributed by atoms with Gasteiger partial charge in [-0.15, -0.1) is 0 Å². The standard InChI is InChI=1S/C14H20N4/c1-4-10(5-2)13-12(14(15)18(3)17-13)11-6-8-16-9-7-11/h6-10H,4-5,15H2,1-3H3. The summed E-state index contributed by atoms with van der Waals surface area (Å²) in [6.45, 7) is 4.38. The van der Waals surface area contributed by atoms with Crippen LogP contribution in [0.25, 0.3) is 11.1 Å². The lowest BCUT2D eigenvalue weighted by molar-refractivity contribution is 0.606. The summed E-state index contributed by atoms with van der Waals surface area (Å²) in [4.78, 5) is 4.05. The van der Waals surface area contributed by atoms with Crippen molar-refractivity contribution in [2.75, 3.05) is 5.73 Å². The maximum absolute atomic E-state index is 6.16. The molecule has 0 aromatic carbocycles. The topological polar surface area (TPSA) is 56.7 Å². The summed E-state index contributed by atoms with van der Waals surface area (Å²) in [6, 6.07) is 3.97. The van der Waals surface area contributed by atoms with Crippen molar-refractivity contribution in [1.82, 2.24) is 14.8 Å². The van der Waals surface area contributed by atoms with Crippen molar-refractivity contribution in [2.24, 2.45) is 7.05 Å². The quantitative estimate of drug-likeness (QED) is 0.899. The third kappa shape index (κ3) is 2.10. The fraction of sp³-hybridized carbons (Fsp3) is 0.429. The Hall–Kier alpha value is -1.84. The summed E-state index contributed by atoms with van der Waals surface area (Å²) in [7, 11) is 1.89. The van der Waals surface area contributed by atoms with Crippen molar-refractivity contribution in [3.8, 4) is 11.1 Å². The van der Waals surface area contributed by atoms with E-state index in [1.54, 1.807) is 17.1 Å². The number of aryl methyl sites for hydroxylation is 1. The first-order chi connectivity index (χ1) is 8.69. The molecule has 0 aliphatic carbocycles. The summed E-state index contributed by atoms with van der Waals surface area (Å²) in [6.07, 6.45) is 5.73. The van der Waals surface area contributed by atoms with Gasteiger partial charge in [-0.1, -0.05) is 13.8 Å². The van der Waals surface area contributed by atoms with Crippen LogP contribution in [-0.4, -0.2) is 14.8 Å². The minimum absolute atomic E-state index is 0.455. The molecule has 96 valence electrons. The van der Waals surface area contributed by atoms with Gasteiger partial charge in [0.05, 0.1) is 5.69 Å². The highest BCUT2D eigenvalue weighted by Crippen LogP contribution is 2.35. The average molecular weight is 244 g/mol. The van der Waals surface area contributed by atoms with Gasteiger partial charge in [-0.2, -0.15) is 5.10 Å². The van der Waals surface area contributed by atoms with Crippen LogP contribution in [0.1, 0.15) is 38.3 Å². The molecule has 0 saturated carbocycles. The molecule has 2 N–H and O–H groups in total. The van der Waals surface area contributed by atoms with Crippen LogP contribution in [0.4, 0.5) is 5.82 Å². The highest BCUT2D eigenvalue weighted by atomic mass is 15.3. The average Bonchev–Trinajstić information content (AvgIpc) is 2.68. The van der Waals surface area contributed by atoms with Crippen LogP contribution in [0.2, 0.25) is 0 Å². The second-order valence-electron chi connectivity index (χ2n) is 4.52. The zero-order valence-corrected chi connectivity index (χ0v) is 11.2. The third-order valence-corrected chi connectivity index (χ3v) is 3.46. The molecule has 0 saturated heterocycles. The van der Waals surface area contributed by atoms with E-state index in [0.717, 1.165) is 35.5 Å². The molecule has 2 heterocycles. The number of nitrogens with zero attached hydrogens (tertiary/aromatic N) is 3. The number of nitrogens with two attached hydrogens (primary N) is 1. The van der Waals surface area contributed by atoms with Crippen molar-refractivity contribution in [2.45, 2.75) is 32.6 Å². The van der Waals surface area contributed by atoms with Crippen molar-refractivity contribution >= 4 is 5.82 Å². The molecule has 2 aromatic heterocycles. The van der Waals surface area contributed by atoms with Gasteiger partial charge < -0.3 is 5.73 Å². The third-order valence-electron chi connectivity index (χ3n) is 3.46. The second kappa shape index (κ2) is 5.21. The van der Waals surface area contributed by atoms with Gasteiger partial charge in [-0.05, 0) is 30.5 Å². The Morgan fingerprint density at radius 3 is 2.39 bits per heavy atom. The van der Waals surface area contributed by atoms with Gasteiger partial charge in [0.1, 0.15) is 5.82 Å². The highest BCUT2D eigenvalue weighted by molar-refractivity contribution is 5.76. The molecule has 4 heteroatoms. The van der Waals surface area contributed by atoms with E-state index in [1.807, 2.05) is 19.2 Å². The molecule has 2 aromatic rings. The van der Waals surface area contributed by atoms with Crippen LogP contribution in [0, 0.1) is 0 Å². The molecule has 0 radical (unpaired) electrons. The lowest BCUT2D eigenvalue weighted by Gasteiger charge is -2.12. The Morgan fingerprint density at radius 1 is 1.22 bits per heavy atom. The molecule has 0 aliphatic rings. The lowest BCUT2D eigenvalue weighted by Crippen LogP contribution is -1.99. The van der Waals surface area contributed by atoms with Gasteiger partial charge >= 0.3 is 0 Å². The fourth-order valence-corrected chi connectivity index (χ4v) is 2.33. The molecule has 0 bridgehead atoms. The molecular weight excluding hydrogens is 224 g/mol. The number of anilines is 1. The normalized spacial score (nSPS) is 11.1. The zero-order chi connectivity index (χ0) is 13.1. The fourth-order valence-electron chi connectivity index (χ4n) is 2.33. The first kappa shape index (κ1) is 12.6. The van der Waals surface area contributed by atoms with E-state index < -0.39 is 0 Å². The van der Waals surface area contributed by atoms with Gasteiger partial charge in [0.15, 0.2) is 0 Å². The number of rotatable bonds is 4. The number of hydrogen-bond donors (Lipinski definition) is 1. The highest BCUT2D eigenvalue weighted by Gasteiger charge is 2.21. The van der Waals surface area contributed by atoms with Crippen LogP contribution in [-0.2, 0) is 7.05 Å². The number of hydrogen-bond acceptors (Lipinski definition) is 3. The summed E-state index contributed by atoms with van der Waals surface area (Å²) in [5, 5.41) is 4.60. The Kier molecular flexibility index (Phi) is 3.65. The van der Waals surface area contributed by atoms with Gasteiger partial charge in [0.2, 0.25) is 0 Å². The summed E-state index contributed by atoms with van der Waals surface area (Å²) >= 11 is 0. The van der Waals surface area contributed by atoms with Crippen LogP contribution in [0.5, 0.6) is 0 Å². The smallest absolute Gasteiger partial charge is 0.129 e. The Labute approximate surface area is 108 Å². The molecule has 0 unspecified atom stereocenters. The molecular formula is C14H20N4. The van der Waals surface area contributed by atoms with Gasteiger partial charge in [-0.25, -0.2) is 0 Å². The van der Waals surface area contributed by atoms with Crippen molar-refractivity contribution in [1.29, 1.82) is 0 Å². The maximum Gasteiger partial charge on any atom is 0.129 e. The van der Waals surface area contributed by atoms with E-state index in [-0.39, 0.29) is 0 Å². The first-order valence-corrected chi connectivity index (χ1v) is 6.41. The molecule has 0 spiro atoms. The number of nitrogen functional groups attached to an aromatic ring is 1. The molecule has 0 atom stereocenters. The molecule has 18 heavy (non-hydrogen) atoms. The van der Waals surface area contributed by atoms with Crippen LogP contribution < -0.4 is 5.73 Å². The summed E-state index contributed by atoms with van der Waals surface area (Å²) in [5.74, 6) is 1.18. The molecule has 4 nitrogen and oxygen atoms in total. The number of pyridine rings is 1. The van der Waals surface area contributed by atoms with E-state index in [2.05, 4.69) is 23.9 Å². The zero-order valence-electron chi connectivity index (χ0n) is 11.2. The molecule has 0 amide bonds. The molecule has 0 aliphatic heterocycles. The van der Waals surface area contributed by atoms with E-state index >= 15 is 0 Å². The first-order valence-electron chi connectivity index (χ1n) is 6.41. The van der Waals surface area contributed by atoms with Crippen LogP contribution in [0.3, 0.4) is 0 Å². The predicted octanol–water partition coefficient (Wildman–Crippen LogP) is 2.97.